The van der Waals surface area contributed by atoms with Crippen LogP contribution in [0, 0.1) is 11.8 Å². The molecule has 1 aliphatic carbocycles. The molecule has 3 atom stereocenters. The summed E-state index contributed by atoms with van der Waals surface area (Å²) in [6.45, 7) is 1.62. The van der Waals surface area contributed by atoms with Crippen molar-refractivity contribution in [2.24, 2.45) is 17.6 Å². The van der Waals surface area contributed by atoms with E-state index in [2.05, 4.69) is 0 Å². The molecule has 1 saturated carbocycles. The van der Waals surface area contributed by atoms with Gasteiger partial charge in [-0.25, -0.2) is 4.79 Å². The van der Waals surface area contributed by atoms with E-state index < -0.39 is 12.2 Å². The van der Waals surface area contributed by atoms with Crippen LogP contribution in [0.15, 0.2) is 30.3 Å². The monoisotopic (exact) mass is 275 g/mol. The number of hydrogen-bond donors (Lipinski definition) is 1. The number of Topliss-reactive ketones (excluding diaryl/α,β-unsaturated/α-hetero) is 1. The average molecular weight is 275 g/mol. The van der Waals surface area contributed by atoms with Crippen molar-refractivity contribution >= 4 is 11.9 Å². The highest BCUT2D eigenvalue weighted by Crippen LogP contribution is 2.41. The average Bonchev–Trinajstić information content (AvgIpc) is 2.45. The summed E-state index contributed by atoms with van der Waals surface area (Å²) in [4.78, 5) is 23.1. The number of ether oxygens (including phenoxy) is 1. The van der Waals surface area contributed by atoms with E-state index in [-0.39, 0.29) is 17.6 Å². The van der Waals surface area contributed by atoms with Gasteiger partial charge >= 0.3 is 6.09 Å². The van der Waals surface area contributed by atoms with Crippen molar-refractivity contribution in [3.63, 3.8) is 0 Å². The standard InChI is InChI=1S/C16H21NO3/c1-11(18)13-9-5-6-10-14(13)15(20-16(17)19)12-7-3-2-4-8-12/h2-4,7-8,13-15H,5-6,9-10H2,1H3,(H2,17,19). The molecule has 0 heterocycles. The second kappa shape index (κ2) is 6.55. The first-order valence-electron chi connectivity index (χ1n) is 7.11. The zero-order valence-electron chi connectivity index (χ0n) is 11.7. The van der Waals surface area contributed by atoms with E-state index in [9.17, 15) is 9.59 Å². The van der Waals surface area contributed by atoms with Crippen molar-refractivity contribution in [2.75, 3.05) is 0 Å². The molecule has 4 nitrogen and oxygen atoms in total. The number of amides is 1. The van der Waals surface area contributed by atoms with E-state index in [4.69, 9.17) is 10.5 Å². The van der Waals surface area contributed by atoms with E-state index in [1.54, 1.807) is 6.92 Å². The zero-order chi connectivity index (χ0) is 14.5. The summed E-state index contributed by atoms with van der Waals surface area (Å²) in [6, 6.07) is 9.55. The van der Waals surface area contributed by atoms with Crippen molar-refractivity contribution in [1.82, 2.24) is 0 Å². The summed E-state index contributed by atoms with van der Waals surface area (Å²) in [7, 11) is 0. The fourth-order valence-electron chi connectivity index (χ4n) is 3.20. The first-order valence-corrected chi connectivity index (χ1v) is 7.11. The number of primary amides is 1. The van der Waals surface area contributed by atoms with E-state index in [0.717, 1.165) is 31.2 Å². The van der Waals surface area contributed by atoms with Crippen molar-refractivity contribution in [1.29, 1.82) is 0 Å². The van der Waals surface area contributed by atoms with E-state index in [1.165, 1.54) is 0 Å². The summed E-state index contributed by atoms with van der Waals surface area (Å²) >= 11 is 0. The van der Waals surface area contributed by atoms with Gasteiger partial charge in [0, 0.05) is 11.8 Å². The Kier molecular flexibility index (Phi) is 4.77. The van der Waals surface area contributed by atoms with Crippen LogP contribution >= 0.6 is 0 Å². The van der Waals surface area contributed by atoms with E-state index >= 15 is 0 Å². The fourth-order valence-corrected chi connectivity index (χ4v) is 3.20. The molecule has 1 aromatic rings. The van der Waals surface area contributed by atoms with E-state index in [0.29, 0.717) is 0 Å². The van der Waals surface area contributed by atoms with Crippen LogP contribution in [-0.2, 0) is 9.53 Å². The lowest BCUT2D eigenvalue weighted by molar-refractivity contribution is -0.125. The second-order valence-corrected chi connectivity index (χ2v) is 5.43. The molecule has 1 amide bonds. The Morgan fingerprint density at radius 3 is 2.45 bits per heavy atom. The minimum Gasteiger partial charge on any atom is -0.441 e. The predicted molar refractivity (Wildman–Crippen MR) is 76.0 cm³/mol. The predicted octanol–water partition coefficient (Wildman–Crippen LogP) is 3.22. The Morgan fingerprint density at radius 2 is 1.85 bits per heavy atom. The molecule has 0 aromatic heterocycles. The third-order valence-electron chi connectivity index (χ3n) is 4.10. The SMILES string of the molecule is CC(=O)C1CCCCC1C(OC(N)=O)c1ccccc1. The lowest BCUT2D eigenvalue weighted by atomic mass is 9.73. The zero-order valence-corrected chi connectivity index (χ0v) is 11.7. The topological polar surface area (TPSA) is 69.4 Å². The quantitative estimate of drug-likeness (QED) is 0.917. The smallest absolute Gasteiger partial charge is 0.405 e. The Morgan fingerprint density at radius 1 is 1.20 bits per heavy atom. The third-order valence-corrected chi connectivity index (χ3v) is 4.10. The van der Waals surface area contributed by atoms with Gasteiger partial charge in [-0.05, 0) is 25.3 Å². The van der Waals surface area contributed by atoms with Crippen LogP contribution in [0.4, 0.5) is 4.79 Å². The van der Waals surface area contributed by atoms with Gasteiger partial charge in [-0.15, -0.1) is 0 Å². The minimum absolute atomic E-state index is 0.0242. The number of hydrogen-bond acceptors (Lipinski definition) is 3. The van der Waals surface area contributed by atoms with E-state index in [1.807, 2.05) is 30.3 Å². The molecule has 4 heteroatoms. The normalized spacial score (nSPS) is 23.9. The molecule has 0 spiro atoms. The number of nitrogens with two attached hydrogens (primary N) is 1. The van der Waals surface area contributed by atoms with Crippen molar-refractivity contribution in [3.8, 4) is 0 Å². The fraction of sp³-hybridized carbons (Fsp3) is 0.500. The van der Waals surface area contributed by atoms with Crippen molar-refractivity contribution < 1.29 is 14.3 Å². The van der Waals surface area contributed by atoms with Crippen LogP contribution in [0.2, 0.25) is 0 Å². The molecule has 0 bridgehead atoms. The summed E-state index contributed by atoms with van der Waals surface area (Å²) in [6.07, 6.45) is 2.65. The van der Waals surface area contributed by atoms with Gasteiger partial charge in [0.05, 0.1) is 0 Å². The van der Waals surface area contributed by atoms with Crippen molar-refractivity contribution in [3.05, 3.63) is 35.9 Å². The Hall–Kier alpha value is -1.84. The van der Waals surface area contributed by atoms with Gasteiger partial charge in [0.2, 0.25) is 0 Å². The summed E-state index contributed by atoms with van der Waals surface area (Å²) in [5.74, 6) is 0.146. The van der Waals surface area contributed by atoms with Crippen molar-refractivity contribution in [2.45, 2.75) is 38.7 Å². The number of carbonyl (C=O) groups excluding carboxylic acids is 2. The van der Waals surface area contributed by atoms with Crippen LogP contribution in [0.25, 0.3) is 0 Å². The molecular formula is C16H21NO3. The molecule has 20 heavy (non-hydrogen) atoms. The molecule has 0 saturated heterocycles. The van der Waals surface area contributed by atoms with Crippen LogP contribution < -0.4 is 5.73 Å². The highest BCUT2D eigenvalue weighted by molar-refractivity contribution is 5.78. The van der Waals surface area contributed by atoms with Gasteiger partial charge in [-0.3, -0.25) is 4.79 Å². The van der Waals surface area contributed by atoms with Gasteiger partial charge in [0.25, 0.3) is 0 Å². The molecule has 1 aromatic carbocycles. The second-order valence-electron chi connectivity index (χ2n) is 5.43. The molecular weight excluding hydrogens is 254 g/mol. The van der Waals surface area contributed by atoms with Gasteiger partial charge < -0.3 is 10.5 Å². The first kappa shape index (κ1) is 14.6. The Balaban J connectivity index is 2.29. The molecule has 108 valence electrons. The molecule has 3 unspecified atom stereocenters. The molecule has 2 N–H and O–H groups in total. The highest BCUT2D eigenvalue weighted by Gasteiger charge is 2.37. The lowest BCUT2D eigenvalue weighted by Crippen LogP contribution is -2.33. The molecule has 1 fully saturated rings. The minimum atomic E-state index is -0.785. The third kappa shape index (κ3) is 3.38. The maximum absolute atomic E-state index is 11.9. The highest BCUT2D eigenvalue weighted by atomic mass is 16.6. The lowest BCUT2D eigenvalue weighted by Gasteiger charge is -2.35. The molecule has 1 aliphatic rings. The van der Waals surface area contributed by atoms with Gasteiger partial charge in [0.15, 0.2) is 0 Å². The molecule has 2 rings (SSSR count). The Labute approximate surface area is 119 Å². The van der Waals surface area contributed by atoms with Crippen LogP contribution in [0.3, 0.4) is 0 Å². The van der Waals surface area contributed by atoms with Gasteiger partial charge in [-0.1, -0.05) is 43.2 Å². The largest absolute Gasteiger partial charge is 0.441 e. The van der Waals surface area contributed by atoms with Crippen LogP contribution in [0.5, 0.6) is 0 Å². The Bertz CT molecular complexity index is 472. The van der Waals surface area contributed by atoms with Gasteiger partial charge in [0.1, 0.15) is 11.9 Å². The molecule has 0 aliphatic heterocycles. The summed E-state index contributed by atoms with van der Waals surface area (Å²) < 4.78 is 5.34. The first-order chi connectivity index (χ1) is 9.59. The summed E-state index contributed by atoms with van der Waals surface area (Å²) in [5, 5.41) is 0. The summed E-state index contributed by atoms with van der Waals surface area (Å²) in [5.41, 5.74) is 6.12. The van der Waals surface area contributed by atoms with Gasteiger partial charge in [-0.2, -0.15) is 0 Å². The maximum Gasteiger partial charge on any atom is 0.405 e. The molecule has 0 radical (unpaired) electrons. The number of carbonyl (C=O) groups is 2. The van der Waals surface area contributed by atoms with Crippen LogP contribution in [-0.4, -0.2) is 11.9 Å². The maximum atomic E-state index is 11.9. The number of benzene rings is 1. The van der Waals surface area contributed by atoms with Crippen LogP contribution in [0.1, 0.15) is 44.3 Å². The number of ketones is 1. The number of rotatable bonds is 4.